The number of piperazine rings is 1. The molecule has 1 N–H and O–H groups in total. The fraction of sp³-hybridized carbons (Fsp3) is 0.667. The van der Waals surface area contributed by atoms with Crippen LogP contribution < -0.4 is 5.32 Å². The summed E-state index contributed by atoms with van der Waals surface area (Å²) in [7, 11) is 0. The van der Waals surface area contributed by atoms with Crippen LogP contribution in [0.3, 0.4) is 0 Å². The van der Waals surface area contributed by atoms with Crippen LogP contribution in [0.4, 0.5) is 5.69 Å². The molecule has 1 saturated carbocycles. The van der Waals surface area contributed by atoms with Crippen molar-refractivity contribution in [3.8, 4) is 0 Å². The highest BCUT2D eigenvalue weighted by molar-refractivity contribution is 5.96. The molecule has 1 aromatic carbocycles. The Bertz CT molecular complexity index is 591. The molecule has 0 radical (unpaired) electrons. The van der Waals surface area contributed by atoms with E-state index >= 15 is 0 Å². The minimum absolute atomic E-state index is 0.0779. The molecule has 1 aliphatic carbocycles. The summed E-state index contributed by atoms with van der Waals surface area (Å²) in [5.41, 5.74) is 4.50. The smallest absolute Gasteiger partial charge is 0.241 e. The Labute approximate surface area is 152 Å². The first-order chi connectivity index (χ1) is 12.0. The Balaban J connectivity index is 1.56. The molecular weight excluding hydrogens is 310 g/mol. The second-order valence-corrected chi connectivity index (χ2v) is 7.95. The number of hydrogen-bond acceptors (Lipinski definition) is 3. The van der Waals surface area contributed by atoms with Crippen molar-refractivity contribution in [3.63, 3.8) is 0 Å². The van der Waals surface area contributed by atoms with E-state index in [0.717, 1.165) is 49.0 Å². The SMILES string of the molecule is Cc1cc(C)c(NC(=O)C(C)N2CCN(C3CCCC3)CC2)c(C)c1. The van der Waals surface area contributed by atoms with Crippen molar-refractivity contribution in [3.05, 3.63) is 28.8 Å². The van der Waals surface area contributed by atoms with Crippen molar-refractivity contribution in [2.45, 2.75) is 65.5 Å². The lowest BCUT2D eigenvalue weighted by atomic mass is 10.0. The van der Waals surface area contributed by atoms with Crippen LogP contribution >= 0.6 is 0 Å². The molecule has 1 atom stereocenters. The number of anilines is 1. The fourth-order valence-corrected chi connectivity index (χ4v) is 4.53. The maximum atomic E-state index is 12.8. The normalized spacial score (nSPS) is 21.4. The van der Waals surface area contributed by atoms with Crippen LogP contribution in [0.25, 0.3) is 0 Å². The molecule has 4 nitrogen and oxygen atoms in total. The molecule has 1 unspecified atom stereocenters. The first-order valence-corrected chi connectivity index (χ1v) is 9.82. The van der Waals surface area contributed by atoms with E-state index in [1.807, 2.05) is 6.92 Å². The summed E-state index contributed by atoms with van der Waals surface area (Å²) in [6.07, 6.45) is 5.50. The number of benzene rings is 1. The van der Waals surface area contributed by atoms with Gasteiger partial charge in [-0.2, -0.15) is 0 Å². The highest BCUT2D eigenvalue weighted by Crippen LogP contribution is 2.25. The summed E-state index contributed by atoms with van der Waals surface area (Å²) >= 11 is 0. The number of nitrogens with zero attached hydrogens (tertiary/aromatic N) is 2. The van der Waals surface area contributed by atoms with Crippen LogP contribution in [-0.4, -0.2) is 54.0 Å². The van der Waals surface area contributed by atoms with Gasteiger partial charge < -0.3 is 5.32 Å². The first kappa shape index (κ1) is 18.4. The Kier molecular flexibility index (Phi) is 5.80. The van der Waals surface area contributed by atoms with Gasteiger partial charge in [0.25, 0.3) is 0 Å². The number of hydrogen-bond donors (Lipinski definition) is 1. The Hall–Kier alpha value is -1.39. The maximum Gasteiger partial charge on any atom is 0.241 e. The van der Waals surface area contributed by atoms with Crippen molar-refractivity contribution in [1.29, 1.82) is 0 Å². The Morgan fingerprint density at radius 3 is 2.16 bits per heavy atom. The van der Waals surface area contributed by atoms with Crippen molar-refractivity contribution >= 4 is 11.6 Å². The van der Waals surface area contributed by atoms with Crippen LogP contribution in [-0.2, 0) is 4.79 Å². The average Bonchev–Trinajstić information content (AvgIpc) is 3.12. The van der Waals surface area contributed by atoms with Gasteiger partial charge in [-0.05, 0) is 51.7 Å². The summed E-state index contributed by atoms with van der Waals surface area (Å²) in [5.74, 6) is 0.115. The highest BCUT2D eigenvalue weighted by atomic mass is 16.2. The zero-order valence-electron chi connectivity index (χ0n) is 16.3. The predicted molar refractivity (Wildman–Crippen MR) is 104 cm³/mol. The maximum absolute atomic E-state index is 12.8. The predicted octanol–water partition coefficient (Wildman–Crippen LogP) is 3.50. The largest absolute Gasteiger partial charge is 0.324 e. The van der Waals surface area contributed by atoms with E-state index in [1.165, 1.54) is 31.2 Å². The minimum Gasteiger partial charge on any atom is -0.324 e. The summed E-state index contributed by atoms with van der Waals surface area (Å²) < 4.78 is 0. The van der Waals surface area contributed by atoms with Gasteiger partial charge in [0.2, 0.25) is 5.91 Å². The summed E-state index contributed by atoms with van der Waals surface area (Å²) in [6.45, 7) is 12.5. The number of carbonyl (C=O) groups is 1. The molecular formula is C21H33N3O. The molecule has 2 aliphatic rings. The van der Waals surface area contributed by atoms with Crippen LogP contribution in [0, 0.1) is 20.8 Å². The number of amides is 1. The number of aryl methyl sites for hydroxylation is 3. The molecule has 0 aromatic heterocycles. The second-order valence-electron chi connectivity index (χ2n) is 7.95. The molecule has 0 bridgehead atoms. The number of nitrogens with one attached hydrogen (secondary N) is 1. The quantitative estimate of drug-likeness (QED) is 0.909. The molecule has 4 heteroatoms. The van der Waals surface area contributed by atoms with Gasteiger partial charge in [0.05, 0.1) is 6.04 Å². The number of carbonyl (C=O) groups excluding carboxylic acids is 1. The highest BCUT2D eigenvalue weighted by Gasteiger charge is 2.30. The topological polar surface area (TPSA) is 35.6 Å². The van der Waals surface area contributed by atoms with Gasteiger partial charge in [0.15, 0.2) is 0 Å². The lowest BCUT2D eigenvalue weighted by molar-refractivity contribution is -0.121. The van der Waals surface area contributed by atoms with Gasteiger partial charge in [-0.3, -0.25) is 14.6 Å². The molecule has 2 fully saturated rings. The zero-order chi connectivity index (χ0) is 18.0. The van der Waals surface area contributed by atoms with Gasteiger partial charge in [0, 0.05) is 37.9 Å². The first-order valence-electron chi connectivity index (χ1n) is 9.82. The van der Waals surface area contributed by atoms with Gasteiger partial charge in [0.1, 0.15) is 0 Å². The molecule has 0 spiro atoms. The molecule has 3 rings (SSSR count). The third kappa shape index (κ3) is 4.24. The summed E-state index contributed by atoms with van der Waals surface area (Å²) in [5, 5.41) is 3.17. The number of rotatable bonds is 4. The van der Waals surface area contributed by atoms with E-state index in [0.29, 0.717) is 0 Å². The molecule has 25 heavy (non-hydrogen) atoms. The zero-order valence-corrected chi connectivity index (χ0v) is 16.3. The van der Waals surface area contributed by atoms with E-state index in [4.69, 9.17) is 0 Å². The average molecular weight is 344 g/mol. The summed E-state index contributed by atoms with van der Waals surface area (Å²) in [4.78, 5) is 17.7. The van der Waals surface area contributed by atoms with E-state index in [2.05, 4.69) is 48.0 Å². The Morgan fingerprint density at radius 2 is 1.60 bits per heavy atom. The second kappa shape index (κ2) is 7.88. The van der Waals surface area contributed by atoms with Crippen molar-refractivity contribution in [1.82, 2.24) is 9.80 Å². The minimum atomic E-state index is -0.0779. The van der Waals surface area contributed by atoms with E-state index in [-0.39, 0.29) is 11.9 Å². The van der Waals surface area contributed by atoms with Gasteiger partial charge in [-0.15, -0.1) is 0 Å². The fourth-order valence-electron chi connectivity index (χ4n) is 4.53. The lowest BCUT2D eigenvalue weighted by Gasteiger charge is -2.40. The van der Waals surface area contributed by atoms with Gasteiger partial charge in [-0.25, -0.2) is 0 Å². The van der Waals surface area contributed by atoms with Crippen LogP contribution in [0.5, 0.6) is 0 Å². The molecule has 1 saturated heterocycles. The van der Waals surface area contributed by atoms with Crippen molar-refractivity contribution in [2.24, 2.45) is 0 Å². The van der Waals surface area contributed by atoms with Crippen LogP contribution in [0.1, 0.15) is 49.3 Å². The van der Waals surface area contributed by atoms with Crippen LogP contribution in [0.15, 0.2) is 12.1 Å². The molecule has 138 valence electrons. The summed E-state index contributed by atoms with van der Waals surface area (Å²) in [6, 6.07) is 4.98. The lowest BCUT2D eigenvalue weighted by Crippen LogP contribution is -2.54. The molecule has 1 aromatic rings. The van der Waals surface area contributed by atoms with E-state index in [9.17, 15) is 4.79 Å². The van der Waals surface area contributed by atoms with Crippen molar-refractivity contribution < 1.29 is 4.79 Å². The third-order valence-electron chi connectivity index (χ3n) is 6.04. The van der Waals surface area contributed by atoms with Crippen molar-refractivity contribution in [2.75, 3.05) is 31.5 Å². The molecule has 1 aliphatic heterocycles. The third-order valence-corrected chi connectivity index (χ3v) is 6.04. The molecule has 1 amide bonds. The monoisotopic (exact) mass is 343 g/mol. The van der Waals surface area contributed by atoms with Gasteiger partial charge in [-0.1, -0.05) is 30.5 Å². The van der Waals surface area contributed by atoms with E-state index < -0.39 is 0 Å². The standard InChI is InChI=1S/C21H33N3O/c1-15-13-16(2)20(17(3)14-15)22-21(25)18(4)23-9-11-24(12-10-23)19-7-5-6-8-19/h13-14,18-19H,5-12H2,1-4H3,(H,22,25). The molecule has 1 heterocycles. The van der Waals surface area contributed by atoms with Gasteiger partial charge >= 0.3 is 0 Å². The Morgan fingerprint density at radius 1 is 1.04 bits per heavy atom. The van der Waals surface area contributed by atoms with Crippen LogP contribution in [0.2, 0.25) is 0 Å². The van der Waals surface area contributed by atoms with E-state index in [1.54, 1.807) is 0 Å².